The van der Waals surface area contributed by atoms with Gasteiger partial charge >= 0.3 is 0 Å². The van der Waals surface area contributed by atoms with Crippen molar-refractivity contribution < 1.29 is 29.9 Å². The second-order valence-corrected chi connectivity index (χ2v) is 11.7. The van der Waals surface area contributed by atoms with Gasteiger partial charge in [0.1, 0.15) is 0 Å². The van der Waals surface area contributed by atoms with Gasteiger partial charge in [0.05, 0.1) is 50.8 Å². The van der Waals surface area contributed by atoms with Crippen LogP contribution in [0, 0.1) is 5.41 Å². The Hall–Kier alpha value is 0.460. The van der Waals surface area contributed by atoms with Crippen LogP contribution in [0.1, 0.15) is 41.5 Å². The van der Waals surface area contributed by atoms with E-state index in [4.69, 9.17) is 9.47 Å². The Morgan fingerprint density at radius 1 is 0.741 bits per heavy atom. The van der Waals surface area contributed by atoms with Crippen molar-refractivity contribution in [1.82, 2.24) is 0 Å². The van der Waals surface area contributed by atoms with E-state index < -0.39 is 24.4 Å². The zero-order valence-corrected chi connectivity index (χ0v) is 19.3. The molecule has 0 amide bonds. The predicted octanol–water partition coefficient (Wildman–Crippen LogP) is 1.77. The van der Waals surface area contributed by atoms with E-state index in [1.54, 1.807) is 11.8 Å². The Labute approximate surface area is 173 Å². The summed E-state index contributed by atoms with van der Waals surface area (Å²) in [5.74, 6) is 1.29. The van der Waals surface area contributed by atoms with Crippen molar-refractivity contribution in [3.05, 3.63) is 0 Å². The first-order valence-electron chi connectivity index (χ1n) is 9.42. The summed E-state index contributed by atoms with van der Waals surface area (Å²) >= 11 is 3.01. The normalized spacial score (nSPS) is 17.6. The van der Waals surface area contributed by atoms with Crippen molar-refractivity contribution in [2.75, 3.05) is 43.7 Å². The van der Waals surface area contributed by atoms with Gasteiger partial charge in [0.2, 0.25) is 0 Å². The summed E-state index contributed by atoms with van der Waals surface area (Å²) in [6.45, 7) is 13.2. The van der Waals surface area contributed by atoms with Gasteiger partial charge in [-0.25, -0.2) is 0 Å². The molecule has 0 aliphatic heterocycles. The molecule has 0 aromatic heterocycles. The topological polar surface area (TPSA) is 99.4 Å². The highest BCUT2D eigenvalue weighted by Crippen LogP contribution is 2.24. The molecule has 0 saturated carbocycles. The Bertz CT molecular complexity index is 370. The van der Waals surface area contributed by atoms with Crippen molar-refractivity contribution in [3.63, 3.8) is 0 Å². The molecule has 0 aliphatic rings. The molecule has 0 spiro atoms. The smallest absolute Gasteiger partial charge is 0.0897 e. The van der Waals surface area contributed by atoms with E-state index in [9.17, 15) is 20.4 Å². The summed E-state index contributed by atoms with van der Waals surface area (Å²) in [5.41, 5.74) is -0.210. The molecule has 4 atom stereocenters. The second kappa shape index (κ2) is 13.6. The molecule has 0 heterocycles. The largest absolute Gasteiger partial charge is 0.390 e. The summed E-state index contributed by atoms with van der Waals surface area (Å²) in [6.07, 6.45) is -2.73. The number of aliphatic hydroxyl groups excluding tert-OH is 4. The third-order valence-electron chi connectivity index (χ3n) is 3.69. The van der Waals surface area contributed by atoms with Gasteiger partial charge < -0.3 is 29.9 Å². The van der Waals surface area contributed by atoms with Crippen LogP contribution in [0.4, 0.5) is 0 Å². The fourth-order valence-corrected chi connectivity index (χ4v) is 3.57. The van der Waals surface area contributed by atoms with E-state index in [1.165, 1.54) is 11.8 Å². The molecule has 4 N–H and O–H groups in total. The lowest BCUT2D eigenvalue weighted by Gasteiger charge is -2.25. The Kier molecular flexibility index (Phi) is 13.9. The highest BCUT2D eigenvalue weighted by Gasteiger charge is 2.22. The molecule has 0 radical (unpaired) electrons. The van der Waals surface area contributed by atoms with Crippen LogP contribution in [0.3, 0.4) is 0 Å². The minimum atomic E-state index is -0.805. The lowest BCUT2D eigenvalue weighted by atomic mass is 9.90. The standard InChI is InChI=1S/C19H40O6S2/c1-18(2,3)17(23)10-25-8-7-24-9-14(20)11-26-12-15(21)16(22)13-27-19(4,5)6/h14-17,20-23H,7-13H2,1-6H3. The van der Waals surface area contributed by atoms with E-state index >= 15 is 0 Å². The maximum atomic E-state index is 9.97. The number of hydrogen-bond acceptors (Lipinski definition) is 8. The van der Waals surface area contributed by atoms with E-state index in [0.29, 0.717) is 30.5 Å². The van der Waals surface area contributed by atoms with Crippen LogP contribution in [0.2, 0.25) is 0 Å². The SMILES string of the molecule is CC(C)(C)SCC(O)C(O)CSCC(O)COCCOCC(O)C(C)(C)C. The van der Waals surface area contributed by atoms with E-state index in [-0.39, 0.29) is 23.4 Å². The Balaban J connectivity index is 3.67. The molecule has 0 aromatic rings. The molecular formula is C19H40O6S2. The molecule has 27 heavy (non-hydrogen) atoms. The number of ether oxygens (including phenoxy) is 2. The summed E-state index contributed by atoms with van der Waals surface area (Å²) in [7, 11) is 0. The van der Waals surface area contributed by atoms with Gasteiger partial charge in [0.15, 0.2) is 0 Å². The quantitative estimate of drug-likeness (QED) is 0.311. The van der Waals surface area contributed by atoms with E-state index in [2.05, 4.69) is 20.8 Å². The third-order valence-corrected chi connectivity index (χ3v) is 6.26. The third kappa shape index (κ3) is 16.0. The molecular weight excluding hydrogens is 388 g/mol. The van der Waals surface area contributed by atoms with Gasteiger partial charge in [-0.3, -0.25) is 0 Å². The lowest BCUT2D eigenvalue weighted by Crippen LogP contribution is -2.32. The number of hydrogen-bond donors (Lipinski definition) is 4. The maximum absolute atomic E-state index is 9.97. The number of aliphatic hydroxyl groups is 4. The minimum Gasteiger partial charge on any atom is -0.390 e. The zero-order valence-electron chi connectivity index (χ0n) is 17.7. The van der Waals surface area contributed by atoms with Crippen molar-refractivity contribution in [2.45, 2.75) is 70.7 Å². The van der Waals surface area contributed by atoms with Gasteiger partial charge in [-0.1, -0.05) is 41.5 Å². The predicted molar refractivity (Wildman–Crippen MR) is 115 cm³/mol. The molecule has 4 unspecified atom stereocenters. The average molecular weight is 429 g/mol. The van der Waals surface area contributed by atoms with Crippen LogP contribution < -0.4 is 0 Å². The summed E-state index contributed by atoms with van der Waals surface area (Å²) in [5, 5.41) is 39.6. The number of thioether (sulfide) groups is 2. The molecule has 164 valence electrons. The van der Waals surface area contributed by atoms with Crippen LogP contribution in [-0.4, -0.2) is 93.3 Å². The minimum absolute atomic E-state index is 0.0515. The second-order valence-electron chi connectivity index (χ2n) is 8.78. The monoisotopic (exact) mass is 428 g/mol. The van der Waals surface area contributed by atoms with Crippen LogP contribution >= 0.6 is 23.5 Å². The Morgan fingerprint density at radius 3 is 1.78 bits per heavy atom. The van der Waals surface area contributed by atoms with Crippen molar-refractivity contribution in [2.24, 2.45) is 5.41 Å². The molecule has 0 saturated heterocycles. The van der Waals surface area contributed by atoms with Crippen molar-refractivity contribution in [1.29, 1.82) is 0 Å². The molecule has 6 nitrogen and oxygen atoms in total. The average Bonchev–Trinajstić information content (AvgIpc) is 2.53. The first-order valence-corrected chi connectivity index (χ1v) is 11.6. The van der Waals surface area contributed by atoms with Crippen LogP contribution in [0.15, 0.2) is 0 Å². The maximum Gasteiger partial charge on any atom is 0.0897 e. The van der Waals surface area contributed by atoms with Gasteiger partial charge in [-0.05, 0) is 5.41 Å². The van der Waals surface area contributed by atoms with Gasteiger partial charge in [0.25, 0.3) is 0 Å². The van der Waals surface area contributed by atoms with Gasteiger partial charge in [-0.15, -0.1) is 0 Å². The van der Waals surface area contributed by atoms with Gasteiger partial charge in [-0.2, -0.15) is 23.5 Å². The molecule has 0 bridgehead atoms. The van der Waals surface area contributed by atoms with E-state index in [0.717, 1.165) is 0 Å². The fraction of sp³-hybridized carbons (Fsp3) is 1.00. The molecule has 8 heteroatoms. The summed E-state index contributed by atoms with van der Waals surface area (Å²) in [6, 6.07) is 0. The van der Waals surface area contributed by atoms with Crippen molar-refractivity contribution in [3.8, 4) is 0 Å². The lowest BCUT2D eigenvalue weighted by molar-refractivity contribution is -0.0420. The number of rotatable bonds is 14. The molecule has 0 aromatic carbocycles. The van der Waals surface area contributed by atoms with Crippen LogP contribution in [0.5, 0.6) is 0 Å². The first kappa shape index (κ1) is 27.5. The molecule has 0 aliphatic carbocycles. The summed E-state index contributed by atoms with van der Waals surface area (Å²) < 4.78 is 10.8. The highest BCUT2D eigenvalue weighted by molar-refractivity contribution is 8.00. The fourth-order valence-electron chi connectivity index (χ4n) is 1.71. The molecule has 0 rings (SSSR count). The van der Waals surface area contributed by atoms with E-state index in [1.807, 2.05) is 20.8 Å². The highest BCUT2D eigenvalue weighted by atomic mass is 32.2. The van der Waals surface area contributed by atoms with Crippen LogP contribution in [-0.2, 0) is 9.47 Å². The van der Waals surface area contributed by atoms with Gasteiger partial charge in [0, 0.05) is 22.0 Å². The van der Waals surface area contributed by atoms with Crippen molar-refractivity contribution >= 4 is 23.5 Å². The molecule has 0 fully saturated rings. The Morgan fingerprint density at radius 2 is 1.26 bits per heavy atom. The zero-order chi connectivity index (χ0) is 21.1. The first-order chi connectivity index (χ1) is 12.3. The summed E-state index contributed by atoms with van der Waals surface area (Å²) in [4.78, 5) is 0. The van der Waals surface area contributed by atoms with Crippen LogP contribution in [0.25, 0.3) is 0 Å².